The Hall–Kier alpha value is -4.33. The smallest absolute Gasteiger partial charge is 0.260 e. The summed E-state index contributed by atoms with van der Waals surface area (Å²) >= 11 is 0. The van der Waals surface area contributed by atoms with Gasteiger partial charge >= 0.3 is 0 Å². The van der Waals surface area contributed by atoms with Crippen LogP contribution in [0.25, 0.3) is 0 Å². The molecule has 8 heteroatoms. The predicted octanol–water partition coefficient (Wildman–Crippen LogP) is 4.01. The number of nitrogens with one attached hydrogen (secondary N) is 1. The fourth-order valence-corrected chi connectivity index (χ4v) is 5.77. The van der Waals surface area contributed by atoms with Crippen molar-refractivity contribution in [2.24, 2.45) is 0 Å². The van der Waals surface area contributed by atoms with Crippen molar-refractivity contribution in [3.05, 3.63) is 88.5 Å². The molecule has 0 bridgehead atoms. The Bertz CT molecular complexity index is 1430. The van der Waals surface area contributed by atoms with E-state index in [1.807, 2.05) is 36.4 Å². The molecule has 0 saturated carbocycles. The number of rotatable bonds is 6. The van der Waals surface area contributed by atoms with Crippen molar-refractivity contribution in [2.45, 2.75) is 31.5 Å². The molecule has 2 atom stereocenters. The molecule has 0 unspecified atom stereocenters. The fourth-order valence-electron chi connectivity index (χ4n) is 5.77. The number of benzene rings is 3. The van der Waals surface area contributed by atoms with Gasteiger partial charge in [0.25, 0.3) is 11.8 Å². The number of aryl methyl sites for hydroxylation is 1. The molecule has 0 fully saturated rings. The van der Waals surface area contributed by atoms with Crippen LogP contribution in [0.1, 0.15) is 62.5 Å². The number of ether oxygens (including phenoxy) is 2. The van der Waals surface area contributed by atoms with Crippen molar-refractivity contribution in [3.8, 4) is 11.5 Å². The maximum absolute atomic E-state index is 13.6. The van der Waals surface area contributed by atoms with Gasteiger partial charge in [-0.15, -0.1) is 0 Å². The topological polar surface area (TPSA) is 88.2 Å². The van der Waals surface area contributed by atoms with Gasteiger partial charge in [0.2, 0.25) is 5.91 Å². The second-order valence-electron chi connectivity index (χ2n) is 9.47. The molecule has 3 aliphatic rings. The zero-order valence-corrected chi connectivity index (χ0v) is 20.7. The van der Waals surface area contributed by atoms with Crippen LogP contribution >= 0.6 is 0 Å². The minimum absolute atomic E-state index is 0.119. The van der Waals surface area contributed by atoms with E-state index in [-0.39, 0.29) is 36.7 Å². The van der Waals surface area contributed by atoms with Crippen LogP contribution in [0.4, 0.5) is 5.69 Å². The summed E-state index contributed by atoms with van der Waals surface area (Å²) in [5.74, 6) is 0.834. The standard InChI is InChI=1S/C29H27N3O5/c1-36-24-15-17-11-12-22(21(17)16-25(24)37-2)30-26(33)13-14-31-27-18-7-3-4-8-19(18)29(35)32(27)23-10-6-5-9-20(23)28(31)34/h3-10,15-16,22,27H,11-14H2,1-2H3,(H,30,33)/t22-,27+/m1/s1. The lowest BCUT2D eigenvalue weighted by molar-refractivity contribution is -0.122. The van der Waals surface area contributed by atoms with Crippen molar-refractivity contribution < 1.29 is 23.9 Å². The van der Waals surface area contributed by atoms with E-state index in [1.165, 1.54) is 0 Å². The highest BCUT2D eigenvalue weighted by atomic mass is 16.5. The molecule has 0 saturated heterocycles. The van der Waals surface area contributed by atoms with Gasteiger partial charge in [-0.25, -0.2) is 0 Å². The first-order chi connectivity index (χ1) is 18.0. The summed E-state index contributed by atoms with van der Waals surface area (Å²) in [4.78, 5) is 43.3. The van der Waals surface area contributed by atoms with Gasteiger partial charge in [0.15, 0.2) is 11.5 Å². The van der Waals surface area contributed by atoms with Crippen LogP contribution in [0.2, 0.25) is 0 Å². The maximum atomic E-state index is 13.6. The molecule has 3 amide bonds. The zero-order chi connectivity index (χ0) is 25.7. The van der Waals surface area contributed by atoms with Gasteiger partial charge < -0.3 is 19.7 Å². The maximum Gasteiger partial charge on any atom is 0.260 e. The van der Waals surface area contributed by atoms with Crippen LogP contribution in [0, 0.1) is 0 Å². The van der Waals surface area contributed by atoms with Crippen molar-refractivity contribution >= 4 is 23.4 Å². The highest BCUT2D eigenvalue weighted by Gasteiger charge is 2.47. The molecule has 0 radical (unpaired) electrons. The third-order valence-corrected chi connectivity index (χ3v) is 7.52. The van der Waals surface area contributed by atoms with Gasteiger partial charge in [0.05, 0.1) is 31.5 Å². The number of amides is 3. The van der Waals surface area contributed by atoms with E-state index in [0.717, 1.165) is 29.5 Å². The van der Waals surface area contributed by atoms with Crippen LogP contribution in [-0.4, -0.2) is 43.4 Å². The van der Waals surface area contributed by atoms with Crippen LogP contribution < -0.4 is 19.7 Å². The number of nitrogens with zero attached hydrogens (tertiary/aromatic N) is 2. The molecule has 0 spiro atoms. The van der Waals surface area contributed by atoms with E-state index < -0.39 is 6.17 Å². The molecular formula is C29H27N3O5. The molecule has 1 aliphatic carbocycles. The number of para-hydroxylation sites is 1. The van der Waals surface area contributed by atoms with E-state index in [1.54, 1.807) is 48.3 Å². The Morgan fingerprint density at radius 2 is 1.62 bits per heavy atom. The first-order valence-electron chi connectivity index (χ1n) is 12.4. The second-order valence-corrected chi connectivity index (χ2v) is 9.47. The number of fused-ring (bicyclic) bond motifs is 6. The number of methoxy groups -OCH3 is 2. The third kappa shape index (κ3) is 3.63. The van der Waals surface area contributed by atoms with Crippen LogP contribution in [0.3, 0.4) is 0 Å². The summed E-state index contributed by atoms with van der Waals surface area (Å²) in [5.41, 5.74) is 4.58. The van der Waals surface area contributed by atoms with E-state index in [0.29, 0.717) is 28.3 Å². The molecule has 37 heavy (non-hydrogen) atoms. The van der Waals surface area contributed by atoms with E-state index >= 15 is 0 Å². The average Bonchev–Trinajstić information content (AvgIpc) is 3.45. The molecule has 2 aliphatic heterocycles. The lowest BCUT2D eigenvalue weighted by atomic mass is 10.0. The lowest BCUT2D eigenvalue weighted by Crippen LogP contribution is -2.49. The van der Waals surface area contributed by atoms with Crippen molar-refractivity contribution in [3.63, 3.8) is 0 Å². The molecule has 188 valence electrons. The summed E-state index contributed by atoms with van der Waals surface area (Å²) in [6.45, 7) is 0.188. The van der Waals surface area contributed by atoms with Crippen molar-refractivity contribution in [2.75, 3.05) is 25.7 Å². The first kappa shape index (κ1) is 23.1. The summed E-state index contributed by atoms with van der Waals surface area (Å²) in [6, 6.07) is 18.3. The number of hydrogen-bond acceptors (Lipinski definition) is 5. The van der Waals surface area contributed by atoms with Gasteiger partial charge in [-0.05, 0) is 54.3 Å². The summed E-state index contributed by atoms with van der Waals surface area (Å²) in [5, 5.41) is 3.13. The minimum Gasteiger partial charge on any atom is -0.493 e. The quantitative estimate of drug-likeness (QED) is 0.556. The van der Waals surface area contributed by atoms with E-state index in [2.05, 4.69) is 5.32 Å². The Labute approximate surface area is 214 Å². The SMILES string of the molecule is COc1cc2c(cc1OC)[C@H](NC(=O)CCN1C(=O)c3ccccc3N3C(=O)c4ccccc4[C@@H]13)CC2. The monoisotopic (exact) mass is 497 g/mol. The van der Waals surface area contributed by atoms with Crippen LogP contribution in [0.5, 0.6) is 11.5 Å². The Balaban J connectivity index is 1.23. The van der Waals surface area contributed by atoms with Gasteiger partial charge in [-0.2, -0.15) is 0 Å². The number of anilines is 1. The number of hydrogen-bond donors (Lipinski definition) is 1. The second kappa shape index (κ2) is 8.96. The molecule has 2 heterocycles. The first-order valence-corrected chi connectivity index (χ1v) is 12.4. The highest BCUT2D eigenvalue weighted by Crippen LogP contribution is 2.45. The molecule has 1 N–H and O–H groups in total. The van der Waals surface area contributed by atoms with Gasteiger partial charge in [0, 0.05) is 24.1 Å². The van der Waals surface area contributed by atoms with Crippen LogP contribution in [0.15, 0.2) is 60.7 Å². The largest absolute Gasteiger partial charge is 0.493 e. The average molecular weight is 498 g/mol. The van der Waals surface area contributed by atoms with Gasteiger partial charge in [-0.1, -0.05) is 30.3 Å². The lowest BCUT2D eigenvalue weighted by Gasteiger charge is -2.40. The summed E-state index contributed by atoms with van der Waals surface area (Å²) < 4.78 is 10.9. The minimum atomic E-state index is -0.567. The molecular weight excluding hydrogens is 470 g/mol. The molecule has 3 aromatic rings. The van der Waals surface area contributed by atoms with E-state index in [4.69, 9.17) is 9.47 Å². The third-order valence-electron chi connectivity index (χ3n) is 7.52. The number of carbonyl (C=O) groups excluding carboxylic acids is 3. The molecule has 6 rings (SSSR count). The summed E-state index contributed by atoms with van der Waals surface area (Å²) in [6.07, 6.45) is 1.17. The molecule has 0 aromatic heterocycles. The Kier molecular flexibility index (Phi) is 5.59. The Morgan fingerprint density at radius 1 is 0.919 bits per heavy atom. The highest BCUT2D eigenvalue weighted by molar-refractivity contribution is 6.16. The van der Waals surface area contributed by atoms with Crippen molar-refractivity contribution in [1.29, 1.82) is 0 Å². The zero-order valence-electron chi connectivity index (χ0n) is 20.7. The Morgan fingerprint density at radius 3 is 2.41 bits per heavy atom. The van der Waals surface area contributed by atoms with Crippen LogP contribution in [-0.2, 0) is 11.2 Å². The predicted molar refractivity (Wildman–Crippen MR) is 137 cm³/mol. The van der Waals surface area contributed by atoms with E-state index in [9.17, 15) is 14.4 Å². The fraction of sp³-hybridized carbons (Fsp3) is 0.276. The van der Waals surface area contributed by atoms with Crippen molar-refractivity contribution in [1.82, 2.24) is 10.2 Å². The molecule has 8 nitrogen and oxygen atoms in total. The van der Waals surface area contributed by atoms with Gasteiger partial charge in [0.1, 0.15) is 6.17 Å². The molecule has 3 aromatic carbocycles. The summed E-state index contributed by atoms with van der Waals surface area (Å²) in [7, 11) is 3.20. The normalized spacial score (nSPS) is 19.2. The number of carbonyl (C=O) groups is 3. The van der Waals surface area contributed by atoms with Gasteiger partial charge in [-0.3, -0.25) is 19.3 Å².